The minimum atomic E-state index is -0.0373. The number of halogens is 1. The number of amides is 1. The Morgan fingerprint density at radius 3 is 2.71 bits per heavy atom. The van der Waals surface area contributed by atoms with Crippen LogP contribution in [0.5, 0.6) is 5.75 Å². The third-order valence-electron chi connectivity index (χ3n) is 3.93. The molecule has 3 rings (SSSR count). The van der Waals surface area contributed by atoms with Gasteiger partial charge in [-0.15, -0.1) is 0 Å². The zero-order valence-corrected chi connectivity index (χ0v) is 12.2. The Labute approximate surface area is 128 Å². The molecule has 2 aromatic carbocycles. The van der Waals surface area contributed by atoms with E-state index in [2.05, 4.69) is 17.4 Å². The predicted octanol–water partition coefficient (Wildman–Crippen LogP) is 3.79. The molecule has 0 radical (unpaired) electrons. The van der Waals surface area contributed by atoms with Crippen molar-refractivity contribution in [2.45, 2.75) is 19.3 Å². The summed E-state index contributed by atoms with van der Waals surface area (Å²) in [7, 11) is 0. The summed E-state index contributed by atoms with van der Waals surface area (Å²) in [5, 5.41) is 12.5. The molecule has 0 aromatic heterocycles. The van der Waals surface area contributed by atoms with Gasteiger partial charge < -0.3 is 10.4 Å². The first-order valence-electron chi connectivity index (χ1n) is 6.99. The van der Waals surface area contributed by atoms with Crippen LogP contribution in [-0.4, -0.2) is 11.0 Å². The fraction of sp³-hybridized carbons (Fsp3) is 0.235. The Morgan fingerprint density at radius 1 is 1.19 bits per heavy atom. The molecule has 4 heteroatoms. The number of hydrogen-bond acceptors (Lipinski definition) is 2. The maximum atomic E-state index is 12.4. The largest absolute Gasteiger partial charge is 0.508 e. The molecule has 108 valence electrons. The molecule has 21 heavy (non-hydrogen) atoms. The van der Waals surface area contributed by atoms with Crippen molar-refractivity contribution in [3.8, 4) is 5.75 Å². The van der Waals surface area contributed by atoms with E-state index in [9.17, 15) is 9.90 Å². The first-order valence-corrected chi connectivity index (χ1v) is 7.37. The first kappa shape index (κ1) is 14.0. The molecule has 0 fully saturated rings. The van der Waals surface area contributed by atoms with Gasteiger partial charge in [-0.2, -0.15) is 0 Å². The molecule has 0 heterocycles. The molecule has 3 nitrogen and oxygen atoms in total. The number of anilines is 1. The van der Waals surface area contributed by atoms with Crippen molar-refractivity contribution in [2.24, 2.45) is 5.92 Å². The van der Waals surface area contributed by atoms with Crippen LogP contribution < -0.4 is 5.32 Å². The summed E-state index contributed by atoms with van der Waals surface area (Å²) in [6.45, 7) is 0. The van der Waals surface area contributed by atoms with E-state index < -0.39 is 0 Å². The van der Waals surface area contributed by atoms with Crippen molar-refractivity contribution < 1.29 is 9.90 Å². The molecule has 1 atom stereocenters. The summed E-state index contributed by atoms with van der Waals surface area (Å²) in [6.07, 6.45) is 2.54. The number of aromatic hydroxyl groups is 1. The lowest BCUT2D eigenvalue weighted by molar-refractivity contribution is -0.120. The van der Waals surface area contributed by atoms with Gasteiger partial charge in [0.2, 0.25) is 5.91 Å². The van der Waals surface area contributed by atoms with Gasteiger partial charge in [0.05, 0.1) is 10.7 Å². The molecule has 2 aromatic rings. The van der Waals surface area contributed by atoms with Crippen LogP contribution in [0.1, 0.15) is 17.5 Å². The quantitative estimate of drug-likeness (QED) is 0.829. The Hall–Kier alpha value is -2.00. The molecule has 1 amide bonds. The summed E-state index contributed by atoms with van der Waals surface area (Å²) in [5.41, 5.74) is 3.13. The number of benzene rings is 2. The maximum absolute atomic E-state index is 12.4. The van der Waals surface area contributed by atoms with E-state index in [4.69, 9.17) is 11.6 Å². The van der Waals surface area contributed by atoms with Crippen molar-refractivity contribution in [3.63, 3.8) is 0 Å². The minimum absolute atomic E-state index is 0.0166. The summed E-state index contributed by atoms with van der Waals surface area (Å²) in [6, 6.07) is 12.8. The lowest BCUT2D eigenvalue weighted by Gasteiger charge is -2.24. The summed E-state index contributed by atoms with van der Waals surface area (Å²) < 4.78 is 0. The summed E-state index contributed by atoms with van der Waals surface area (Å²) in [5.74, 6) is 0.0338. The van der Waals surface area contributed by atoms with Gasteiger partial charge >= 0.3 is 0 Å². The molecular formula is C17H16ClNO2. The Bertz CT molecular complexity index is 684. The smallest absolute Gasteiger partial charge is 0.227 e. The molecule has 1 aliphatic carbocycles. The van der Waals surface area contributed by atoms with Gasteiger partial charge in [-0.1, -0.05) is 35.9 Å². The monoisotopic (exact) mass is 301 g/mol. The molecule has 1 aliphatic rings. The Balaban J connectivity index is 1.72. The highest BCUT2D eigenvalue weighted by Gasteiger charge is 2.24. The van der Waals surface area contributed by atoms with Gasteiger partial charge in [0.1, 0.15) is 5.75 Å². The van der Waals surface area contributed by atoms with Crippen molar-refractivity contribution in [1.82, 2.24) is 0 Å². The topological polar surface area (TPSA) is 49.3 Å². The second-order valence-electron chi connectivity index (χ2n) is 5.36. The normalized spacial score (nSPS) is 17.1. The van der Waals surface area contributed by atoms with E-state index in [1.54, 1.807) is 6.07 Å². The van der Waals surface area contributed by atoms with Crippen LogP contribution in [0.4, 0.5) is 5.69 Å². The van der Waals surface area contributed by atoms with Crippen LogP contribution in [-0.2, 0) is 17.6 Å². The lowest BCUT2D eigenvalue weighted by atomic mass is 9.83. The number of hydrogen-bond donors (Lipinski definition) is 2. The third-order valence-corrected chi connectivity index (χ3v) is 4.24. The molecule has 1 unspecified atom stereocenters. The fourth-order valence-electron chi connectivity index (χ4n) is 2.76. The highest BCUT2D eigenvalue weighted by Crippen LogP contribution is 2.29. The van der Waals surface area contributed by atoms with E-state index in [-0.39, 0.29) is 17.6 Å². The molecule has 0 saturated carbocycles. The molecule has 2 N–H and O–H groups in total. The number of fused-ring (bicyclic) bond motifs is 1. The van der Waals surface area contributed by atoms with Gasteiger partial charge in [-0.25, -0.2) is 0 Å². The Kier molecular flexibility index (Phi) is 3.84. The summed E-state index contributed by atoms with van der Waals surface area (Å²) in [4.78, 5) is 12.4. The molecule has 0 bridgehead atoms. The van der Waals surface area contributed by atoms with Crippen molar-refractivity contribution in [1.29, 1.82) is 0 Å². The van der Waals surface area contributed by atoms with Crippen LogP contribution in [0, 0.1) is 5.92 Å². The van der Waals surface area contributed by atoms with Crippen LogP contribution in [0.15, 0.2) is 42.5 Å². The van der Waals surface area contributed by atoms with Crippen LogP contribution in [0.2, 0.25) is 5.02 Å². The van der Waals surface area contributed by atoms with E-state index in [0.717, 1.165) is 19.3 Å². The molecular weight excluding hydrogens is 286 g/mol. The van der Waals surface area contributed by atoms with Crippen LogP contribution >= 0.6 is 11.6 Å². The van der Waals surface area contributed by atoms with Crippen molar-refractivity contribution >= 4 is 23.2 Å². The third kappa shape index (κ3) is 3.03. The zero-order chi connectivity index (χ0) is 14.8. The highest BCUT2D eigenvalue weighted by atomic mass is 35.5. The zero-order valence-electron chi connectivity index (χ0n) is 11.5. The van der Waals surface area contributed by atoms with Gasteiger partial charge in [0.25, 0.3) is 0 Å². The first-order chi connectivity index (χ1) is 10.1. The summed E-state index contributed by atoms with van der Waals surface area (Å²) >= 11 is 6.02. The Morgan fingerprint density at radius 2 is 1.95 bits per heavy atom. The minimum Gasteiger partial charge on any atom is -0.508 e. The van der Waals surface area contributed by atoms with E-state index in [1.165, 1.54) is 23.3 Å². The van der Waals surface area contributed by atoms with Gasteiger partial charge in [-0.05, 0) is 42.5 Å². The van der Waals surface area contributed by atoms with Gasteiger partial charge in [0.15, 0.2) is 0 Å². The highest BCUT2D eigenvalue weighted by molar-refractivity contribution is 6.33. The molecule has 0 saturated heterocycles. The SMILES string of the molecule is O=C(Nc1ccc(O)cc1Cl)C1CCc2ccccc2C1. The molecule has 0 aliphatic heterocycles. The number of phenolic OH excluding ortho intramolecular Hbond substituents is 1. The van der Waals surface area contributed by atoms with Crippen molar-refractivity contribution in [2.75, 3.05) is 5.32 Å². The van der Waals surface area contributed by atoms with E-state index >= 15 is 0 Å². The fourth-order valence-corrected chi connectivity index (χ4v) is 2.98. The maximum Gasteiger partial charge on any atom is 0.227 e. The lowest BCUT2D eigenvalue weighted by Crippen LogP contribution is -2.28. The number of carbonyl (C=O) groups excluding carboxylic acids is 1. The number of aryl methyl sites for hydroxylation is 1. The number of carbonyl (C=O) groups is 1. The standard InChI is InChI=1S/C17H16ClNO2/c18-15-10-14(20)7-8-16(15)19-17(21)13-6-5-11-3-1-2-4-12(11)9-13/h1-4,7-8,10,13,20H,5-6,9H2,(H,19,21). The van der Waals surface area contributed by atoms with Gasteiger partial charge in [0, 0.05) is 12.0 Å². The number of rotatable bonds is 2. The van der Waals surface area contributed by atoms with E-state index in [0.29, 0.717) is 10.7 Å². The second kappa shape index (κ2) is 5.78. The second-order valence-corrected chi connectivity index (χ2v) is 5.77. The molecule has 0 spiro atoms. The number of phenols is 1. The average Bonchev–Trinajstić information content (AvgIpc) is 2.49. The van der Waals surface area contributed by atoms with E-state index in [1.807, 2.05) is 12.1 Å². The number of nitrogens with one attached hydrogen (secondary N) is 1. The van der Waals surface area contributed by atoms with Crippen molar-refractivity contribution in [3.05, 3.63) is 58.6 Å². The predicted molar refractivity (Wildman–Crippen MR) is 83.7 cm³/mol. The van der Waals surface area contributed by atoms with Crippen LogP contribution in [0.25, 0.3) is 0 Å². The average molecular weight is 302 g/mol. The van der Waals surface area contributed by atoms with Gasteiger partial charge in [-0.3, -0.25) is 4.79 Å². The van der Waals surface area contributed by atoms with Crippen LogP contribution in [0.3, 0.4) is 0 Å².